The predicted molar refractivity (Wildman–Crippen MR) is 73.1 cm³/mol. The van der Waals surface area contributed by atoms with Gasteiger partial charge in [0.2, 0.25) is 0 Å². The van der Waals surface area contributed by atoms with Crippen molar-refractivity contribution >= 4 is 5.91 Å². The SMILES string of the molecule is Cn1ccc(=O)n(Cc2cc(C(=O)NN)ccc2F)c1=O. The number of nitrogen functional groups attached to an aromatic ring is 1. The van der Waals surface area contributed by atoms with Crippen LogP contribution in [0.3, 0.4) is 0 Å². The molecule has 0 saturated carbocycles. The van der Waals surface area contributed by atoms with Gasteiger partial charge in [-0.25, -0.2) is 15.0 Å². The Kier molecular flexibility index (Phi) is 3.99. The molecule has 0 aliphatic rings. The normalized spacial score (nSPS) is 10.4. The Hall–Kier alpha value is -2.74. The molecule has 0 spiro atoms. The second kappa shape index (κ2) is 5.71. The van der Waals surface area contributed by atoms with Crippen molar-refractivity contribution < 1.29 is 9.18 Å². The van der Waals surface area contributed by atoms with E-state index < -0.39 is 23.0 Å². The Bertz CT molecular complexity index is 810. The van der Waals surface area contributed by atoms with Gasteiger partial charge in [0.1, 0.15) is 5.82 Å². The number of hydrazine groups is 1. The quantitative estimate of drug-likeness (QED) is 0.445. The third-order valence-electron chi connectivity index (χ3n) is 3.01. The zero-order valence-corrected chi connectivity index (χ0v) is 11.2. The Labute approximate surface area is 118 Å². The highest BCUT2D eigenvalue weighted by Gasteiger charge is 2.11. The number of aromatic nitrogens is 2. The first-order valence-corrected chi connectivity index (χ1v) is 6.00. The summed E-state index contributed by atoms with van der Waals surface area (Å²) in [6, 6.07) is 4.79. The van der Waals surface area contributed by atoms with Crippen LogP contribution in [0, 0.1) is 5.82 Å². The maximum atomic E-state index is 13.8. The van der Waals surface area contributed by atoms with Crippen LogP contribution in [0.2, 0.25) is 0 Å². The van der Waals surface area contributed by atoms with Crippen LogP contribution in [-0.4, -0.2) is 15.0 Å². The van der Waals surface area contributed by atoms with Crippen molar-refractivity contribution in [3.05, 3.63) is 68.2 Å². The van der Waals surface area contributed by atoms with Crippen molar-refractivity contribution in [1.29, 1.82) is 0 Å². The summed E-state index contributed by atoms with van der Waals surface area (Å²) < 4.78 is 15.9. The molecule has 21 heavy (non-hydrogen) atoms. The Balaban J connectivity index is 2.50. The first-order valence-electron chi connectivity index (χ1n) is 6.00. The molecule has 0 unspecified atom stereocenters. The molecular weight excluding hydrogens is 279 g/mol. The van der Waals surface area contributed by atoms with Crippen LogP contribution >= 0.6 is 0 Å². The lowest BCUT2D eigenvalue weighted by Crippen LogP contribution is -2.38. The number of carbonyl (C=O) groups excluding carboxylic acids is 1. The Morgan fingerprint density at radius 1 is 1.33 bits per heavy atom. The summed E-state index contributed by atoms with van der Waals surface area (Å²) in [7, 11) is 1.48. The number of nitrogens with one attached hydrogen (secondary N) is 1. The molecular formula is C13H13FN4O3. The van der Waals surface area contributed by atoms with Crippen molar-refractivity contribution in [3.63, 3.8) is 0 Å². The number of carbonyl (C=O) groups is 1. The van der Waals surface area contributed by atoms with E-state index in [1.54, 1.807) is 0 Å². The lowest BCUT2D eigenvalue weighted by atomic mass is 10.1. The molecule has 0 saturated heterocycles. The van der Waals surface area contributed by atoms with E-state index in [0.717, 1.165) is 10.6 Å². The van der Waals surface area contributed by atoms with Gasteiger partial charge in [-0.05, 0) is 18.2 Å². The van der Waals surface area contributed by atoms with Gasteiger partial charge in [0.25, 0.3) is 11.5 Å². The molecule has 110 valence electrons. The number of amides is 1. The van der Waals surface area contributed by atoms with E-state index in [0.29, 0.717) is 0 Å². The monoisotopic (exact) mass is 292 g/mol. The summed E-state index contributed by atoms with van der Waals surface area (Å²) in [5.74, 6) is 3.79. The molecule has 0 aliphatic carbocycles. The summed E-state index contributed by atoms with van der Waals surface area (Å²) in [4.78, 5) is 35.0. The molecule has 8 heteroatoms. The number of aryl methyl sites for hydroxylation is 1. The lowest BCUT2D eigenvalue weighted by molar-refractivity contribution is 0.0953. The molecule has 1 aromatic carbocycles. The summed E-state index contributed by atoms with van der Waals surface area (Å²) in [5.41, 5.74) is 0.982. The number of nitrogens with zero attached hydrogens (tertiary/aromatic N) is 2. The fourth-order valence-corrected chi connectivity index (χ4v) is 1.85. The number of rotatable bonds is 3. The minimum Gasteiger partial charge on any atom is -0.303 e. The molecule has 1 aromatic heterocycles. The molecule has 0 radical (unpaired) electrons. The van der Waals surface area contributed by atoms with Crippen LogP contribution < -0.4 is 22.5 Å². The van der Waals surface area contributed by atoms with Gasteiger partial charge in [-0.1, -0.05) is 0 Å². The van der Waals surface area contributed by atoms with Crippen molar-refractivity contribution in [2.45, 2.75) is 6.54 Å². The summed E-state index contributed by atoms with van der Waals surface area (Å²) in [6.07, 6.45) is 1.33. The van der Waals surface area contributed by atoms with Gasteiger partial charge in [-0.15, -0.1) is 0 Å². The van der Waals surface area contributed by atoms with Crippen LogP contribution in [0.1, 0.15) is 15.9 Å². The Morgan fingerprint density at radius 2 is 2.05 bits per heavy atom. The first kappa shape index (κ1) is 14.7. The highest BCUT2D eigenvalue weighted by molar-refractivity contribution is 5.93. The number of benzene rings is 1. The smallest absolute Gasteiger partial charge is 0.303 e. The highest BCUT2D eigenvalue weighted by Crippen LogP contribution is 2.11. The zero-order chi connectivity index (χ0) is 15.6. The summed E-state index contributed by atoms with van der Waals surface area (Å²) >= 11 is 0. The average Bonchev–Trinajstić information content (AvgIpc) is 2.48. The van der Waals surface area contributed by atoms with E-state index in [9.17, 15) is 18.8 Å². The van der Waals surface area contributed by atoms with Crippen LogP contribution in [0.15, 0.2) is 40.1 Å². The van der Waals surface area contributed by atoms with E-state index in [1.807, 2.05) is 5.43 Å². The maximum Gasteiger partial charge on any atom is 0.331 e. The van der Waals surface area contributed by atoms with Gasteiger partial charge in [-0.2, -0.15) is 0 Å². The van der Waals surface area contributed by atoms with Crippen molar-refractivity contribution in [2.75, 3.05) is 0 Å². The van der Waals surface area contributed by atoms with Crippen LogP contribution in [-0.2, 0) is 13.6 Å². The van der Waals surface area contributed by atoms with E-state index >= 15 is 0 Å². The maximum absolute atomic E-state index is 13.8. The molecule has 0 atom stereocenters. The number of hydrogen-bond acceptors (Lipinski definition) is 4. The van der Waals surface area contributed by atoms with Crippen molar-refractivity contribution in [3.8, 4) is 0 Å². The van der Waals surface area contributed by atoms with Gasteiger partial charge >= 0.3 is 5.69 Å². The van der Waals surface area contributed by atoms with Crippen molar-refractivity contribution in [1.82, 2.24) is 14.6 Å². The number of nitrogens with two attached hydrogens (primary N) is 1. The topological polar surface area (TPSA) is 99.1 Å². The predicted octanol–water partition coefficient (Wildman–Crippen LogP) is -0.662. The zero-order valence-electron chi connectivity index (χ0n) is 11.2. The second-order valence-electron chi connectivity index (χ2n) is 4.41. The highest BCUT2D eigenvalue weighted by atomic mass is 19.1. The lowest BCUT2D eigenvalue weighted by Gasteiger charge is -2.09. The average molecular weight is 292 g/mol. The minimum atomic E-state index is -0.624. The van der Waals surface area contributed by atoms with E-state index in [4.69, 9.17) is 5.84 Å². The van der Waals surface area contributed by atoms with Crippen LogP contribution in [0.25, 0.3) is 0 Å². The molecule has 3 N–H and O–H groups in total. The van der Waals surface area contributed by atoms with Crippen LogP contribution in [0.5, 0.6) is 0 Å². The van der Waals surface area contributed by atoms with Crippen molar-refractivity contribution in [2.24, 2.45) is 12.9 Å². The molecule has 2 aromatic rings. The van der Waals surface area contributed by atoms with Gasteiger partial charge in [0, 0.05) is 30.4 Å². The standard InChI is InChI=1S/C13H13FN4O3/c1-17-5-4-11(19)18(13(17)21)7-9-6-8(12(20)16-15)2-3-10(9)14/h2-6H,7,15H2,1H3,(H,16,20). The molecule has 1 heterocycles. The molecule has 0 bridgehead atoms. The summed E-state index contributed by atoms with van der Waals surface area (Å²) in [6.45, 7) is -0.274. The first-order chi connectivity index (χ1) is 9.93. The van der Waals surface area contributed by atoms with E-state index in [2.05, 4.69) is 0 Å². The third kappa shape index (κ3) is 2.90. The molecule has 0 aliphatic heterocycles. The molecule has 0 fully saturated rings. The number of hydrogen-bond donors (Lipinski definition) is 2. The van der Waals surface area contributed by atoms with Crippen LogP contribution in [0.4, 0.5) is 4.39 Å². The van der Waals surface area contributed by atoms with Gasteiger partial charge in [-0.3, -0.25) is 19.6 Å². The third-order valence-corrected chi connectivity index (χ3v) is 3.01. The van der Waals surface area contributed by atoms with Gasteiger partial charge in [0.05, 0.1) is 6.54 Å². The molecule has 1 amide bonds. The fraction of sp³-hybridized carbons (Fsp3) is 0.154. The van der Waals surface area contributed by atoms with Gasteiger partial charge < -0.3 is 4.57 Å². The molecule has 2 rings (SSSR count). The fourth-order valence-electron chi connectivity index (χ4n) is 1.85. The van der Waals surface area contributed by atoms with E-state index in [-0.39, 0.29) is 17.7 Å². The minimum absolute atomic E-state index is 0.0431. The van der Waals surface area contributed by atoms with Gasteiger partial charge in [0.15, 0.2) is 0 Å². The second-order valence-corrected chi connectivity index (χ2v) is 4.41. The number of halogens is 1. The molecule has 7 nitrogen and oxygen atoms in total. The largest absolute Gasteiger partial charge is 0.331 e. The summed E-state index contributed by atoms with van der Waals surface area (Å²) in [5, 5.41) is 0. The van der Waals surface area contributed by atoms with E-state index in [1.165, 1.54) is 36.0 Å². The Morgan fingerprint density at radius 3 is 2.71 bits per heavy atom.